The van der Waals surface area contributed by atoms with E-state index in [4.69, 9.17) is 4.74 Å². The van der Waals surface area contributed by atoms with Crippen LogP contribution in [0.1, 0.15) is 5.56 Å². The van der Waals surface area contributed by atoms with Crippen molar-refractivity contribution in [3.8, 4) is 17.0 Å². The van der Waals surface area contributed by atoms with E-state index < -0.39 is 4.92 Å². The zero-order valence-electron chi connectivity index (χ0n) is 9.43. The van der Waals surface area contributed by atoms with Gasteiger partial charge in [-0.25, -0.2) is 0 Å². The van der Waals surface area contributed by atoms with Gasteiger partial charge in [-0.2, -0.15) is 5.10 Å². The van der Waals surface area contributed by atoms with E-state index in [-0.39, 0.29) is 5.82 Å². The van der Waals surface area contributed by atoms with Gasteiger partial charge in [0.1, 0.15) is 5.75 Å². The summed E-state index contributed by atoms with van der Waals surface area (Å²) in [6.45, 7) is 1.67. The molecule has 2 rings (SSSR count). The number of ether oxygens (including phenoxy) is 1. The topological polar surface area (TPSA) is 81.0 Å². The molecule has 6 nitrogen and oxygen atoms in total. The van der Waals surface area contributed by atoms with Gasteiger partial charge in [-0.3, -0.25) is 0 Å². The molecular weight excluding hydrogens is 222 g/mol. The fraction of sp³-hybridized carbons (Fsp3) is 0.182. The first-order valence-corrected chi connectivity index (χ1v) is 4.97. The highest BCUT2D eigenvalue weighted by atomic mass is 16.6. The molecule has 0 saturated heterocycles. The van der Waals surface area contributed by atoms with Gasteiger partial charge in [-0.1, -0.05) is 0 Å². The number of nitro groups is 1. The molecule has 0 aliphatic carbocycles. The van der Waals surface area contributed by atoms with E-state index in [9.17, 15) is 10.1 Å². The standard InChI is InChI=1S/C11H11N3O3/c1-7-10(12-13-11(7)14(15)16)8-3-5-9(17-2)6-4-8/h3-6H,1-2H3,(H,12,13). The summed E-state index contributed by atoms with van der Waals surface area (Å²) >= 11 is 0. The van der Waals surface area contributed by atoms with Crippen LogP contribution >= 0.6 is 0 Å². The molecule has 0 spiro atoms. The van der Waals surface area contributed by atoms with Crippen LogP contribution < -0.4 is 4.74 Å². The minimum absolute atomic E-state index is 0.143. The first-order valence-electron chi connectivity index (χ1n) is 4.97. The molecule has 1 N–H and O–H groups in total. The third-order valence-corrected chi connectivity index (χ3v) is 2.54. The molecule has 88 valence electrons. The second-order valence-corrected chi connectivity index (χ2v) is 3.53. The van der Waals surface area contributed by atoms with Crippen molar-refractivity contribution >= 4 is 5.82 Å². The molecule has 1 aromatic heterocycles. The number of hydrogen-bond donors (Lipinski definition) is 1. The van der Waals surface area contributed by atoms with Crippen LogP contribution in [0.2, 0.25) is 0 Å². The van der Waals surface area contributed by atoms with Gasteiger partial charge in [0.25, 0.3) is 0 Å². The van der Waals surface area contributed by atoms with Crippen LogP contribution in [0.3, 0.4) is 0 Å². The summed E-state index contributed by atoms with van der Waals surface area (Å²) in [5, 5.41) is 17.0. The molecular formula is C11H11N3O3. The maximum absolute atomic E-state index is 10.7. The van der Waals surface area contributed by atoms with Crippen LogP contribution in [0.25, 0.3) is 11.3 Å². The molecule has 0 amide bonds. The molecule has 0 bridgehead atoms. The van der Waals surface area contributed by atoms with E-state index in [0.29, 0.717) is 11.3 Å². The molecule has 0 unspecified atom stereocenters. The summed E-state index contributed by atoms with van der Waals surface area (Å²) < 4.78 is 5.04. The molecule has 1 aromatic carbocycles. The van der Waals surface area contributed by atoms with Crippen LogP contribution in [0, 0.1) is 17.0 Å². The lowest BCUT2D eigenvalue weighted by Gasteiger charge is -2.01. The van der Waals surface area contributed by atoms with E-state index >= 15 is 0 Å². The molecule has 0 aliphatic heterocycles. The van der Waals surface area contributed by atoms with Gasteiger partial charge in [0.05, 0.1) is 23.5 Å². The predicted molar refractivity (Wildman–Crippen MR) is 62.0 cm³/mol. The van der Waals surface area contributed by atoms with E-state index in [1.807, 2.05) is 12.1 Å². The molecule has 2 aromatic rings. The van der Waals surface area contributed by atoms with Crippen molar-refractivity contribution in [2.24, 2.45) is 0 Å². The summed E-state index contributed by atoms with van der Waals surface area (Å²) in [4.78, 5) is 10.2. The normalized spacial score (nSPS) is 10.2. The minimum atomic E-state index is -0.501. The van der Waals surface area contributed by atoms with Crippen molar-refractivity contribution in [3.05, 3.63) is 39.9 Å². The molecule has 1 heterocycles. The highest BCUT2D eigenvalue weighted by Gasteiger charge is 2.20. The van der Waals surface area contributed by atoms with Crippen LogP contribution in [0.5, 0.6) is 5.75 Å². The Morgan fingerprint density at radius 3 is 2.47 bits per heavy atom. The number of nitrogens with one attached hydrogen (secondary N) is 1. The Hall–Kier alpha value is -2.37. The molecule has 0 aliphatic rings. The van der Waals surface area contributed by atoms with E-state index in [1.54, 1.807) is 26.2 Å². The Kier molecular flexibility index (Phi) is 2.78. The van der Waals surface area contributed by atoms with Gasteiger partial charge in [-0.15, -0.1) is 0 Å². The fourth-order valence-electron chi connectivity index (χ4n) is 1.60. The summed E-state index contributed by atoms with van der Waals surface area (Å²) in [5.41, 5.74) is 2.02. The number of rotatable bonds is 3. The van der Waals surface area contributed by atoms with Crippen LogP contribution in [0.4, 0.5) is 5.82 Å². The largest absolute Gasteiger partial charge is 0.497 e. The first kappa shape index (κ1) is 11.1. The number of methoxy groups -OCH3 is 1. The second kappa shape index (κ2) is 4.25. The van der Waals surface area contributed by atoms with Crippen molar-refractivity contribution in [2.75, 3.05) is 7.11 Å². The maximum Gasteiger partial charge on any atom is 0.393 e. The van der Waals surface area contributed by atoms with Crippen LogP contribution in [-0.4, -0.2) is 22.2 Å². The monoisotopic (exact) mass is 233 g/mol. The molecule has 0 radical (unpaired) electrons. The minimum Gasteiger partial charge on any atom is -0.497 e. The number of aromatic amines is 1. The first-order chi connectivity index (χ1) is 8.13. The van der Waals surface area contributed by atoms with Gasteiger partial charge < -0.3 is 14.9 Å². The molecule has 0 saturated carbocycles. The Labute approximate surface area is 97.4 Å². The third kappa shape index (κ3) is 1.96. The molecule has 0 fully saturated rings. The Bertz CT molecular complexity index is 546. The number of nitrogens with zero attached hydrogens (tertiary/aromatic N) is 2. The van der Waals surface area contributed by atoms with Crippen LogP contribution in [-0.2, 0) is 0 Å². The molecule has 17 heavy (non-hydrogen) atoms. The smallest absolute Gasteiger partial charge is 0.393 e. The average molecular weight is 233 g/mol. The van der Waals surface area contributed by atoms with E-state index in [2.05, 4.69) is 10.2 Å². The highest BCUT2D eigenvalue weighted by molar-refractivity contribution is 5.66. The van der Waals surface area contributed by atoms with Gasteiger partial charge in [0.15, 0.2) is 0 Å². The maximum atomic E-state index is 10.7. The summed E-state index contributed by atoms with van der Waals surface area (Å²) in [6.07, 6.45) is 0. The van der Waals surface area contributed by atoms with Crippen LogP contribution in [0.15, 0.2) is 24.3 Å². The van der Waals surface area contributed by atoms with Crippen molar-refractivity contribution in [2.45, 2.75) is 6.92 Å². The zero-order valence-corrected chi connectivity index (χ0v) is 9.43. The second-order valence-electron chi connectivity index (χ2n) is 3.53. The summed E-state index contributed by atoms with van der Waals surface area (Å²) in [7, 11) is 1.58. The Balaban J connectivity index is 2.42. The van der Waals surface area contributed by atoms with Gasteiger partial charge >= 0.3 is 5.82 Å². The lowest BCUT2D eigenvalue weighted by molar-refractivity contribution is -0.390. The number of benzene rings is 1. The third-order valence-electron chi connectivity index (χ3n) is 2.54. The lowest BCUT2D eigenvalue weighted by atomic mass is 10.1. The Morgan fingerprint density at radius 1 is 1.35 bits per heavy atom. The zero-order chi connectivity index (χ0) is 12.4. The van der Waals surface area contributed by atoms with Crippen molar-refractivity contribution in [1.29, 1.82) is 0 Å². The average Bonchev–Trinajstić information content (AvgIpc) is 2.71. The number of hydrogen-bond acceptors (Lipinski definition) is 4. The van der Waals surface area contributed by atoms with Crippen molar-refractivity contribution in [3.63, 3.8) is 0 Å². The van der Waals surface area contributed by atoms with E-state index in [1.165, 1.54) is 0 Å². The van der Waals surface area contributed by atoms with Gasteiger partial charge in [0.2, 0.25) is 0 Å². The molecule has 6 heteroatoms. The quantitative estimate of drug-likeness (QED) is 0.651. The number of aromatic nitrogens is 2. The SMILES string of the molecule is COc1ccc(-c2[nH]nc([N+](=O)[O-])c2C)cc1. The predicted octanol–water partition coefficient (Wildman–Crippen LogP) is 2.30. The van der Waals surface area contributed by atoms with Gasteiger partial charge in [-0.05, 0) is 36.1 Å². The van der Waals surface area contributed by atoms with Crippen molar-refractivity contribution in [1.82, 2.24) is 10.2 Å². The lowest BCUT2D eigenvalue weighted by Crippen LogP contribution is -1.89. The van der Waals surface area contributed by atoms with Crippen molar-refractivity contribution < 1.29 is 9.66 Å². The number of H-pyrrole nitrogens is 1. The van der Waals surface area contributed by atoms with Gasteiger partial charge in [0, 0.05) is 5.56 Å². The highest BCUT2D eigenvalue weighted by Crippen LogP contribution is 2.28. The summed E-state index contributed by atoms with van der Waals surface area (Å²) in [6, 6.07) is 7.23. The fourth-order valence-corrected chi connectivity index (χ4v) is 1.60. The summed E-state index contributed by atoms with van der Waals surface area (Å²) in [5.74, 6) is 0.594. The molecule has 0 atom stereocenters. The van der Waals surface area contributed by atoms with E-state index in [0.717, 1.165) is 11.3 Å². The Morgan fingerprint density at radius 2 is 2.00 bits per heavy atom.